The Morgan fingerprint density at radius 3 is 3.00 bits per heavy atom. The molecule has 7 heteroatoms. The highest BCUT2D eigenvalue weighted by Gasteiger charge is 2.29. The molecule has 0 amide bonds. The first-order valence-electron chi connectivity index (χ1n) is 6.79. The predicted octanol–water partition coefficient (Wildman–Crippen LogP) is 2.09. The largest absolute Gasteiger partial charge is 0.364 e. The third-order valence-electron chi connectivity index (χ3n) is 3.53. The zero-order valence-corrected chi connectivity index (χ0v) is 12.3. The Kier molecular flexibility index (Phi) is 2.92. The number of nitrogens with zero attached hydrogens (tertiary/aromatic N) is 5. The van der Waals surface area contributed by atoms with Crippen LogP contribution in [0.25, 0.3) is 10.2 Å². The summed E-state index contributed by atoms with van der Waals surface area (Å²) in [5.41, 5.74) is 1.02. The second-order valence-electron chi connectivity index (χ2n) is 5.07. The van der Waals surface area contributed by atoms with Crippen molar-refractivity contribution in [2.45, 2.75) is 13.0 Å². The number of rotatable bonds is 3. The van der Waals surface area contributed by atoms with E-state index in [2.05, 4.69) is 35.5 Å². The summed E-state index contributed by atoms with van der Waals surface area (Å²) in [6.45, 7) is 3.74. The van der Waals surface area contributed by atoms with Crippen molar-refractivity contribution in [3.8, 4) is 0 Å². The maximum absolute atomic E-state index is 4.43. The predicted molar refractivity (Wildman–Crippen MR) is 83.8 cm³/mol. The molecule has 0 aliphatic carbocycles. The molecule has 1 aliphatic rings. The van der Waals surface area contributed by atoms with Gasteiger partial charge >= 0.3 is 0 Å². The zero-order chi connectivity index (χ0) is 14.2. The minimum Gasteiger partial charge on any atom is -0.364 e. The summed E-state index contributed by atoms with van der Waals surface area (Å²) >= 11 is 1.69. The van der Waals surface area contributed by atoms with Crippen molar-refractivity contribution >= 4 is 33.2 Å². The monoisotopic (exact) mass is 298 g/mol. The molecule has 0 unspecified atom stereocenters. The van der Waals surface area contributed by atoms with Crippen LogP contribution in [0.2, 0.25) is 0 Å². The Balaban J connectivity index is 1.46. The van der Waals surface area contributed by atoms with Crippen LogP contribution < -0.4 is 10.2 Å². The number of thiophene rings is 1. The number of aromatic nitrogens is 4. The number of hydrogen-bond donors (Lipinski definition) is 1. The number of aryl methyl sites for hydroxylation is 1. The van der Waals surface area contributed by atoms with Crippen molar-refractivity contribution < 1.29 is 0 Å². The maximum Gasteiger partial charge on any atom is 0.150 e. The molecule has 0 spiro atoms. The zero-order valence-electron chi connectivity index (χ0n) is 11.5. The molecule has 106 valence electrons. The molecule has 3 aromatic rings. The highest BCUT2D eigenvalue weighted by molar-refractivity contribution is 7.17. The molecule has 1 saturated heterocycles. The first-order chi connectivity index (χ1) is 10.3. The normalized spacial score (nSPS) is 15.2. The fraction of sp³-hybridized carbons (Fsp3) is 0.286. The van der Waals surface area contributed by atoms with Crippen LogP contribution in [0.1, 0.15) is 5.82 Å². The number of anilines is 2. The number of nitrogens with one attached hydrogen (secondary N) is 1. The molecule has 1 N–H and O–H groups in total. The summed E-state index contributed by atoms with van der Waals surface area (Å²) < 4.78 is 1.16. The fourth-order valence-corrected chi connectivity index (χ4v) is 3.35. The molecule has 0 aromatic carbocycles. The van der Waals surface area contributed by atoms with Gasteiger partial charge in [0.1, 0.15) is 23.8 Å². The van der Waals surface area contributed by atoms with E-state index in [9.17, 15) is 0 Å². The second kappa shape index (κ2) is 4.92. The standard InChI is InChI=1S/C14H14N6S/c1-9-15-4-2-12(18-9)19-10-6-20(7-10)14-13-11(3-5-21-13)16-8-17-14/h2-5,8,10H,6-7H2,1H3,(H,15,18,19). The molecular formula is C14H14N6S. The number of fused-ring (bicyclic) bond motifs is 1. The SMILES string of the molecule is Cc1nccc(NC2CN(c3ncnc4ccsc34)C2)n1. The van der Waals surface area contributed by atoms with Gasteiger partial charge in [-0.2, -0.15) is 0 Å². The molecule has 0 atom stereocenters. The van der Waals surface area contributed by atoms with Crippen LogP contribution in [0.15, 0.2) is 30.0 Å². The van der Waals surface area contributed by atoms with Crippen molar-refractivity contribution in [1.29, 1.82) is 0 Å². The van der Waals surface area contributed by atoms with Crippen LogP contribution in [0.5, 0.6) is 0 Å². The van der Waals surface area contributed by atoms with E-state index in [1.807, 2.05) is 19.1 Å². The molecule has 4 rings (SSSR count). The van der Waals surface area contributed by atoms with Gasteiger partial charge in [-0.1, -0.05) is 0 Å². The molecular weight excluding hydrogens is 284 g/mol. The minimum atomic E-state index is 0.393. The van der Waals surface area contributed by atoms with E-state index in [4.69, 9.17) is 0 Å². The Morgan fingerprint density at radius 1 is 1.24 bits per heavy atom. The van der Waals surface area contributed by atoms with Gasteiger partial charge in [0.2, 0.25) is 0 Å². The summed E-state index contributed by atoms with van der Waals surface area (Å²) in [6, 6.07) is 4.33. The van der Waals surface area contributed by atoms with Gasteiger partial charge in [-0.15, -0.1) is 11.3 Å². The summed E-state index contributed by atoms with van der Waals surface area (Å²) in [4.78, 5) is 19.5. The van der Waals surface area contributed by atoms with Crippen molar-refractivity contribution in [2.75, 3.05) is 23.3 Å². The molecule has 0 bridgehead atoms. The summed E-state index contributed by atoms with van der Waals surface area (Å²) in [6.07, 6.45) is 3.42. The summed E-state index contributed by atoms with van der Waals surface area (Å²) in [5.74, 6) is 2.70. The Labute approximate surface area is 125 Å². The first-order valence-corrected chi connectivity index (χ1v) is 7.67. The molecule has 3 aromatic heterocycles. The summed E-state index contributed by atoms with van der Waals surface area (Å²) in [5, 5.41) is 5.49. The molecule has 1 aliphatic heterocycles. The van der Waals surface area contributed by atoms with Gasteiger partial charge in [0.15, 0.2) is 0 Å². The van der Waals surface area contributed by atoms with Gasteiger partial charge in [-0.05, 0) is 24.4 Å². The molecule has 21 heavy (non-hydrogen) atoms. The van der Waals surface area contributed by atoms with Crippen LogP contribution in [0.3, 0.4) is 0 Å². The molecule has 0 saturated carbocycles. The van der Waals surface area contributed by atoms with E-state index in [1.165, 1.54) is 0 Å². The van der Waals surface area contributed by atoms with Crippen LogP contribution in [0, 0.1) is 6.92 Å². The third-order valence-corrected chi connectivity index (χ3v) is 4.43. The fourth-order valence-electron chi connectivity index (χ4n) is 2.49. The lowest BCUT2D eigenvalue weighted by atomic mass is 10.1. The van der Waals surface area contributed by atoms with E-state index < -0.39 is 0 Å². The van der Waals surface area contributed by atoms with E-state index in [0.29, 0.717) is 6.04 Å². The quantitative estimate of drug-likeness (QED) is 0.798. The first kappa shape index (κ1) is 12.5. The smallest absolute Gasteiger partial charge is 0.150 e. The van der Waals surface area contributed by atoms with Gasteiger partial charge in [-0.25, -0.2) is 19.9 Å². The van der Waals surface area contributed by atoms with E-state index in [0.717, 1.165) is 40.8 Å². The van der Waals surface area contributed by atoms with E-state index >= 15 is 0 Å². The van der Waals surface area contributed by atoms with Gasteiger partial charge in [0, 0.05) is 19.3 Å². The van der Waals surface area contributed by atoms with Crippen LogP contribution >= 0.6 is 11.3 Å². The lowest BCUT2D eigenvalue weighted by Crippen LogP contribution is -2.55. The third kappa shape index (κ3) is 2.29. The average Bonchev–Trinajstić information content (AvgIpc) is 2.91. The lowest BCUT2D eigenvalue weighted by Gasteiger charge is -2.40. The average molecular weight is 298 g/mol. The highest BCUT2D eigenvalue weighted by Crippen LogP contribution is 2.30. The van der Waals surface area contributed by atoms with Gasteiger partial charge in [-0.3, -0.25) is 0 Å². The van der Waals surface area contributed by atoms with Crippen molar-refractivity contribution in [2.24, 2.45) is 0 Å². The number of hydrogen-bond acceptors (Lipinski definition) is 7. The van der Waals surface area contributed by atoms with Gasteiger partial charge in [0.25, 0.3) is 0 Å². The van der Waals surface area contributed by atoms with E-state index in [1.54, 1.807) is 23.9 Å². The molecule has 4 heterocycles. The van der Waals surface area contributed by atoms with Crippen LogP contribution in [0.4, 0.5) is 11.6 Å². The topological polar surface area (TPSA) is 66.8 Å². The maximum atomic E-state index is 4.43. The highest BCUT2D eigenvalue weighted by atomic mass is 32.1. The Bertz CT molecular complexity index is 780. The van der Waals surface area contributed by atoms with Gasteiger partial charge in [0.05, 0.1) is 16.3 Å². The molecule has 1 fully saturated rings. The molecule has 0 radical (unpaired) electrons. The summed E-state index contributed by atoms with van der Waals surface area (Å²) in [7, 11) is 0. The molecule has 6 nitrogen and oxygen atoms in total. The van der Waals surface area contributed by atoms with Gasteiger partial charge < -0.3 is 10.2 Å². The lowest BCUT2D eigenvalue weighted by molar-refractivity contribution is 0.545. The van der Waals surface area contributed by atoms with Crippen molar-refractivity contribution in [3.05, 3.63) is 35.9 Å². The second-order valence-corrected chi connectivity index (χ2v) is 5.98. The Hall–Kier alpha value is -2.28. The Morgan fingerprint density at radius 2 is 2.14 bits per heavy atom. The van der Waals surface area contributed by atoms with Crippen molar-refractivity contribution in [1.82, 2.24) is 19.9 Å². The minimum absolute atomic E-state index is 0.393. The van der Waals surface area contributed by atoms with E-state index in [-0.39, 0.29) is 0 Å². The van der Waals surface area contributed by atoms with Crippen molar-refractivity contribution in [3.63, 3.8) is 0 Å². The van der Waals surface area contributed by atoms with Crippen LogP contribution in [-0.4, -0.2) is 39.1 Å². The van der Waals surface area contributed by atoms with Crippen LogP contribution in [-0.2, 0) is 0 Å².